The van der Waals surface area contributed by atoms with Gasteiger partial charge in [-0.3, -0.25) is 14.5 Å². The number of likely N-dealkylation sites (tertiary alicyclic amines) is 1. The second kappa shape index (κ2) is 6.05. The van der Waals surface area contributed by atoms with Gasteiger partial charge in [-0.1, -0.05) is 35.9 Å². The van der Waals surface area contributed by atoms with Gasteiger partial charge in [0.2, 0.25) is 11.8 Å². The van der Waals surface area contributed by atoms with Gasteiger partial charge in [0.15, 0.2) is 0 Å². The number of rotatable bonds is 5. The van der Waals surface area contributed by atoms with E-state index in [2.05, 4.69) is 58.3 Å². The molecule has 26 heavy (non-hydrogen) atoms. The maximum Gasteiger partial charge on any atom is 0.233 e. The Balaban J connectivity index is 1.42. The number of carbonyl (C=O) groups is 2. The highest BCUT2D eigenvalue weighted by Gasteiger charge is 2.59. The molecule has 4 rings (SSSR count). The second-order valence-corrected chi connectivity index (χ2v) is 9.08. The third-order valence-electron chi connectivity index (χ3n) is 6.59. The van der Waals surface area contributed by atoms with Gasteiger partial charge in [-0.25, -0.2) is 0 Å². The van der Waals surface area contributed by atoms with Crippen LogP contribution in [0.25, 0.3) is 0 Å². The van der Waals surface area contributed by atoms with Gasteiger partial charge in [-0.15, -0.1) is 0 Å². The molecule has 2 aliphatic carbocycles. The molecule has 4 atom stereocenters. The van der Waals surface area contributed by atoms with Crippen molar-refractivity contribution in [3.8, 4) is 0 Å². The standard InChI is InChI=1S/C22H29N2O2/c1-14-5-6-18(15(2)11-14)13-24(3,4)10-9-23-21(25)19-16-7-8-17(12-16)20(19)22(23)26/h5-8,11,16-17,19-20H,9-10,12-13H2,1-4H3/q+1/t16-,17+,19-,20-/m0/s1. The number of hydrogen-bond donors (Lipinski definition) is 0. The number of allylic oxidation sites excluding steroid dienone is 2. The number of quaternary nitrogens is 1. The summed E-state index contributed by atoms with van der Waals surface area (Å²) >= 11 is 0. The minimum absolute atomic E-state index is 0.0726. The molecular formula is C22H29N2O2+. The monoisotopic (exact) mass is 353 g/mol. The number of likely N-dealkylation sites (N-methyl/N-ethyl adjacent to an activating group) is 1. The number of carbonyl (C=O) groups excluding carboxylic acids is 2. The van der Waals surface area contributed by atoms with Gasteiger partial charge in [0, 0.05) is 5.56 Å². The molecule has 1 aromatic rings. The van der Waals surface area contributed by atoms with Gasteiger partial charge in [-0.05, 0) is 37.7 Å². The molecule has 1 heterocycles. The lowest BCUT2D eigenvalue weighted by Gasteiger charge is -2.32. The third-order valence-corrected chi connectivity index (χ3v) is 6.59. The van der Waals surface area contributed by atoms with Crippen LogP contribution in [0, 0.1) is 37.5 Å². The zero-order valence-electron chi connectivity index (χ0n) is 16.2. The van der Waals surface area contributed by atoms with Crippen molar-refractivity contribution in [1.82, 2.24) is 4.90 Å². The normalized spacial score (nSPS) is 29.8. The molecular weight excluding hydrogens is 324 g/mol. The summed E-state index contributed by atoms with van der Waals surface area (Å²) < 4.78 is 0.765. The van der Waals surface area contributed by atoms with Gasteiger partial charge in [0.1, 0.15) is 6.54 Å². The summed E-state index contributed by atoms with van der Waals surface area (Å²) in [4.78, 5) is 27.2. The van der Waals surface area contributed by atoms with Crippen molar-refractivity contribution in [1.29, 1.82) is 0 Å². The van der Waals surface area contributed by atoms with Crippen LogP contribution in [0.4, 0.5) is 0 Å². The summed E-state index contributed by atoms with van der Waals surface area (Å²) in [5, 5.41) is 0. The van der Waals surface area contributed by atoms with Crippen LogP contribution in [0.2, 0.25) is 0 Å². The van der Waals surface area contributed by atoms with E-state index < -0.39 is 0 Å². The predicted molar refractivity (Wildman–Crippen MR) is 101 cm³/mol. The average Bonchev–Trinajstić information content (AvgIpc) is 3.23. The fraction of sp³-hybridized carbons (Fsp3) is 0.545. The van der Waals surface area contributed by atoms with Crippen molar-refractivity contribution in [2.24, 2.45) is 23.7 Å². The highest BCUT2D eigenvalue weighted by atomic mass is 16.2. The molecule has 3 aliphatic rings. The molecule has 0 radical (unpaired) electrons. The molecule has 0 N–H and O–H groups in total. The van der Waals surface area contributed by atoms with E-state index in [0.29, 0.717) is 18.4 Å². The third kappa shape index (κ3) is 2.81. The fourth-order valence-electron chi connectivity index (χ4n) is 5.12. The molecule has 4 nitrogen and oxygen atoms in total. The van der Waals surface area contributed by atoms with E-state index in [0.717, 1.165) is 24.0 Å². The summed E-state index contributed by atoms with van der Waals surface area (Å²) in [5.74, 6) is 0.583. The highest BCUT2D eigenvalue weighted by Crippen LogP contribution is 2.52. The lowest BCUT2D eigenvalue weighted by atomic mass is 9.85. The van der Waals surface area contributed by atoms with Crippen molar-refractivity contribution in [3.05, 3.63) is 47.0 Å². The zero-order valence-corrected chi connectivity index (χ0v) is 16.2. The molecule has 0 unspecified atom stereocenters. The van der Waals surface area contributed by atoms with Crippen LogP contribution in [-0.2, 0) is 16.1 Å². The minimum Gasteiger partial charge on any atom is -0.323 e. The molecule has 1 saturated heterocycles. The van der Waals surface area contributed by atoms with Crippen LogP contribution < -0.4 is 0 Å². The van der Waals surface area contributed by atoms with Crippen LogP contribution in [0.5, 0.6) is 0 Å². The summed E-state index contributed by atoms with van der Waals surface area (Å²) in [5.41, 5.74) is 3.92. The number of hydrogen-bond acceptors (Lipinski definition) is 2. The quantitative estimate of drug-likeness (QED) is 0.464. The molecule has 2 amide bonds. The Morgan fingerprint density at radius 1 is 1.04 bits per heavy atom. The highest BCUT2D eigenvalue weighted by molar-refractivity contribution is 6.06. The van der Waals surface area contributed by atoms with Gasteiger partial charge < -0.3 is 4.48 Å². The van der Waals surface area contributed by atoms with E-state index in [4.69, 9.17) is 0 Å². The first-order valence-electron chi connectivity index (χ1n) is 9.68. The zero-order chi connectivity index (χ0) is 18.6. The second-order valence-electron chi connectivity index (χ2n) is 9.08. The number of benzene rings is 1. The maximum absolute atomic E-state index is 12.8. The topological polar surface area (TPSA) is 37.4 Å². The van der Waals surface area contributed by atoms with Crippen LogP contribution in [0.1, 0.15) is 23.1 Å². The smallest absolute Gasteiger partial charge is 0.233 e. The molecule has 1 aromatic carbocycles. The van der Waals surface area contributed by atoms with Crippen molar-refractivity contribution in [2.75, 3.05) is 27.2 Å². The molecule has 0 spiro atoms. The first kappa shape index (κ1) is 17.5. The molecule has 0 aromatic heterocycles. The van der Waals surface area contributed by atoms with Gasteiger partial charge >= 0.3 is 0 Å². The Labute approximate surface area is 156 Å². The Morgan fingerprint density at radius 3 is 2.23 bits per heavy atom. The average molecular weight is 353 g/mol. The van der Waals surface area contributed by atoms with Crippen LogP contribution in [0.3, 0.4) is 0 Å². The summed E-state index contributed by atoms with van der Waals surface area (Å²) in [6, 6.07) is 6.57. The number of fused-ring (bicyclic) bond motifs is 5. The molecule has 1 aliphatic heterocycles. The van der Waals surface area contributed by atoms with E-state index in [1.165, 1.54) is 16.7 Å². The Kier molecular flexibility index (Phi) is 4.07. The van der Waals surface area contributed by atoms with E-state index in [9.17, 15) is 9.59 Å². The van der Waals surface area contributed by atoms with Gasteiger partial charge in [0.05, 0.1) is 39.0 Å². The molecule has 138 valence electrons. The summed E-state index contributed by atoms with van der Waals surface area (Å²) in [6.07, 6.45) is 5.30. The van der Waals surface area contributed by atoms with E-state index in [-0.39, 0.29) is 23.7 Å². The Hall–Kier alpha value is -1.94. The van der Waals surface area contributed by atoms with Crippen molar-refractivity contribution in [2.45, 2.75) is 26.8 Å². The van der Waals surface area contributed by atoms with Crippen molar-refractivity contribution in [3.63, 3.8) is 0 Å². The van der Waals surface area contributed by atoms with Crippen molar-refractivity contribution < 1.29 is 14.1 Å². The summed E-state index contributed by atoms with van der Waals surface area (Å²) in [7, 11) is 4.35. The summed E-state index contributed by atoms with van der Waals surface area (Å²) in [6.45, 7) is 6.48. The van der Waals surface area contributed by atoms with Crippen LogP contribution in [-0.4, -0.2) is 48.4 Å². The largest absolute Gasteiger partial charge is 0.323 e. The Morgan fingerprint density at radius 2 is 1.65 bits per heavy atom. The van der Waals surface area contributed by atoms with Gasteiger partial charge in [-0.2, -0.15) is 0 Å². The maximum atomic E-state index is 12.8. The number of imide groups is 1. The fourth-order valence-corrected chi connectivity index (χ4v) is 5.12. The first-order valence-corrected chi connectivity index (χ1v) is 9.68. The van der Waals surface area contributed by atoms with E-state index in [1.807, 2.05) is 0 Å². The number of aryl methyl sites for hydroxylation is 2. The molecule has 2 bridgehead atoms. The lowest BCUT2D eigenvalue weighted by molar-refractivity contribution is -0.902. The van der Waals surface area contributed by atoms with Crippen LogP contribution >= 0.6 is 0 Å². The van der Waals surface area contributed by atoms with E-state index in [1.54, 1.807) is 4.90 Å². The van der Waals surface area contributed by atoms with E-state index >= 15 is 0 Å². The first-order chi connectivity index (χ1) is 12.3. The number of amides is 2. The predicted octanol–water partition coefficient (Wildman–Crippen LogP) is 2.69. The SMILES string of the molecule is Cc1ccc(C[N+](C)(C)CCN2C(=O)[C@@H]3[C@@H](C2=O)[C@H]2C=C[C@@H]3C2)c(C)c1. The van der Waals surface area contributed by atoms with Crippen molar-refractivity contribution >= 4 is 11.8 Å². The Bertz CT molecular complexity index is 765. The minimum atomic E-state index is -0.0764. The lowest BCUT2D eigenvalue weighted by Crippen LogP contribution is -2.46. The molecule has 2 fully saturated rings. The molecule has 1 saturated carbocycles. The number of nitrogens with zero attached hydrogens (tertiary/aromatic N) is 2. The van der Waals surface area contributed by atoms with Gasteiger partial charge in [0.25, 0.3) is 0 Å². The van der Waals surface area contributed by atoms with Crippen LogP contribution in [0.15, 0.2) is 30.4 Å². The molecule has 4 heteroatoms.